The molecule has 7 heteroatoms. The number of esters is 1. The van der Waals surface area contributed by atoms with E-state index >= 15 is 0 Å². The molecule has 1 amide bonds. The van der Waals surface area contributed by atoms with Crippen LogP contribution in [0.2, 0.25) is 0 Å². The van der Waals surface area contributed by atoms with E-state index in [1.807, 2.05) is 18.2 Å². The summed E-state index contributed by atoms with van der Waals surface area (Å²) in [5.41, 5.74) is 2.84. The molecule has 0 N–H and O–H groups in total. The highest BCUT2D eigenvalue weighted by Gasteiger charge is 2.23. The maximum Gasteiger partial charge on any atom is 0.338 e. The molecule has 2 aromatic rings. The smallest absolute Gasteiger partial charge is 0.338 e. The number of hydrogen-bond donors (Lipinski definition) is 0. The molecule has 0 radical (unpaired) electrons. The number of rotatable bonds is 5. The van der Waals surface area contributed by atoms with Crippen molar-refractivity contribution in [1.82, 2.24) is 4.90 Å². The predicted octanol–water partition coefficient (Wildman–Crippen LogP) is 2.32. The Morgan fingerprint density at radius 3 is 2.32 bits per heavy atom. The monoisotopic (exact) mass is 380 g/mol. The molecule has 1 aliphatic rings. The van der Waals surface area contributed by atoms with Crippen molar-refractivity contribution in [3.63, 3.8) is 0 Å². The standard InChI is InChI=1S/C21H20N2O5/c1-26-18-9-16-7-8-23(12-17(16)10-19(18)27-2)20(24)13-28-21(25)15-5-3-14(11-22)4-6-15/h3-6,9-10H,7-8,12-13H2,1-2H3. The van der Waals surface area contributed by atoms with Gasteiger partial charge in [-0.1, -0.05) is 0 Å². The Balaban J connectivity index is 1.61. The summed E-state index contributed by atoms with van der Waals surface area (Å²) >= 11 is 0. The molecule has 0 saturated heterocycles. The molecule has 0 aromatic heterocycles. The van der Waals surface area contributed by atoms with Gasteiger partial charge in [-0.2, -0.15) is 5.26 Å². The quantitative estimate of drug-likeness (QED) is 0.740. The number of nitriles is 1. The number of hydrogen-bond acceptors (Lipinski definition) is 6. The van der Waals surface area contributed by atoms with Crippen LogP contribution in [0.15, 0.2) is 36.4 Å². The van der Waals surface area contributed by atoms with Crippen LogP contribution in [0.25, 0.3) is 0 Å². The SMILES string of the molecule is COc1cc2c(cc1OC)CN(C(=O)COC(=O)c1ccc(C#N)cc1)CC2. The van der Waals surface area contributed by atoms with Crippen LogP contribution in [0.1, 0.15) is 27.0 Å². The fourth-order valence-corrected chi connectivity index (χ4v) is 3.08. The van der Waals surface area contributed by atoms with E-state index in [-0.39, 0.29) is 12.5 Å². The Labute approximate surface area is 163 Å². The van der Waals surface area contributed by atoms with Crippen molar-refractivity contribution >= 4 is 11.9 Å². The fourth-order valence-electron chi connectivity index (χ4n) is 3.08. The van der Waals surface area contributed by atoms with E-state index in [1.54, 1.807) is 19.1 Å². The van der Waals surface area contributed by atoms with Crippen molar-refractivity contribution in [1.29, 1.82) is 5.26 Å². The van der Waals surface area contributed by atoms with Crippen molar-refractivity contribution in [2.45, 2.75) is 13.0 Å². The maximum atomic E-state index is 12.5. The molecular weight excluding hydrogens is 360 g/mol. The Morgan fingerprint density at radius 1 is 1.07 bits per heavy atom. The minimum atomic E-state index is -0.596. The molecule has 0 atom stereocenters. The van der Waals surface area contributed by atoms with Crippen LogP contribution in [0, 0.1) is 11.3 Å². The second-order valence-electron chi connectivity index (χ2n) is 6.31. The molecule has 1 aliphatic heterocycles. The van der Waals surface area contributed by atoms with E-state index in [2.05, 4.69) is 0 Å². The van der Waals surface area contributed by atoms with Crippen LogP contribution in [-0.2, 0) is 22.5 Å². The van der Waals surface area contributed by atoms with Crippen LogP contribution in [0.4, 0.5) is 0 Å². The highest BCUT2D eigenvalue weighted by atomic mass is 16.5. The van der Waals surface area contributed by atoms with Gasteiger partial charge in [-0.3, -0.25) is 4.79 Å². The van der Waals surface area contributed by atoms with Gasteiger partial charge in [0, 0.05) is 13.1 Å². The summed E-state index contributed by atoms with van der Waals surface area (Å²) in [7, 11) is 3.16. The van der Waals surface area contributed by atoms with E-state index in [0.29, 0.717) is 42.1 Å². The predicted molar refractivity (Wildman–Crippen MR) is 100 cm³/mol. The molecule has 0 bridgehead atoms. The highest BCUT2D eigenvalue weighted by Crippen LogP contribution is 2.33. The van der Waals surface area contributed by atoms with Crippen molar-refractivity contribution < 1.29 is 23.8 Å². The molecule has 0 spiro atoms. The van der Waals surface area contributed by atoms with Gasteiger partial charge in [-0.15, -0.1) is 0 Å². The van der Waals surface area contributed by atoms with Crippen molar-refractivity contribution in [3.8, 4) is 17.6 Å². The first kappa shape index (κ1) is 19.2. The number of methoxy groups -OCH3 is 2. The first-order valence-electron chi connectivity index (χ1n) is 8.74. The van der Waals surface area contributed by atoms with Crippen LogP contribution in [0.3, 0.4) is 0 Å². The summed E-state index contributed by atoms with van der Waals surface area (Å²) in [6.45, 7) is 0.625. The minimum absolute atomic E-state index is 0.262. The molecule has 28 heavy (non-hydrogen) atoms. The summed E-state index contributed by atoms with van der Waals surface area (Å²) in [6, 6.07) is 11.8. The van der Waals surface area contributed by atoms with Gasteiger partial charge in [0.2, 0.25) is 0 Å². The molecule has 0 saturated carbocycles. The third-order valence-corrected chi connectivity index (χ3v) is 4.65. The summed E-state index contributed by atoms with van der Waals surface area (Å²) in [4.78, 5) is 26.2. The van der Waals surface area contributed by atoms with E-state index in [0.717, 1.165) is 11.1 Å². The zero-order valence-electron chi connectivity index (χ0n) is 15.7. The lowest BCUT2D eigenvalue weighted by Crippen LogP contribution is -2.38. The van der Waals surface area contributed by atoms with Gasteiger partial charge in [0.15, 0.2) is 18.1 Å². The third kappa shape index (κ3) is 4.07. The largest absolute Gasteiger partial charge is 0.493 e. The number of carbonyl (C=O) groups is 2. The van der Waals surface area contributed by atoms with Crippen molar-refractivity contribution in [2.24, 2.45) is 0 Å². The average molecular weight is 380 g/mol. The zero-order chi connectivity index (χ0) is 20.1. The van der Waals surface area contributed by atoms with E-state index in [4.69, 9.17) is 19.5 Å². The Morgan fingerprint density at radius 2 is 1.71 bits per heavy atom. The lowest BCUT2D eigenvalue weighted by molar-refractivity contribution is -0.135. The van der Waals surface area contributed by atoms with Crippen LogP contribution in [-0.4, -0.2) is 44.1 Å². The van der Waals surface area contributed by atoms with Crippen molar-refractivity contribution in [3.05, 3.63) is 58.7 Å². The van der Waals surface area contributed by atoms with Gasteiger partial charge in [0.05, 0.1) is 31.4 Å². The van der Waals surface area contributed by atoms with Gasteiger partial charge in [-0.05, 0) is 53.9 Å². The number of fused-ring (bicyclic) bond motifs is 1. The number of ether oxygens (including phenoxy) is 3. The van der Waals surface area contributed by atoms with Crippen LogP contribution in [0.5, 0.6) is 11.5 Å². The van der Waals surface area contributed by atoms with Gasteiger partial charge < -0.3 is 19.1 Å². The number of carbonyl (C=O) groups excluding carboxylic acids is 2. The summed E-state index contributed by atoms with van der Waals surface area (Å²) in [5, 5.41) is 8.79. The lowest BCUT2D eigenvalue weighted by atomic mass is 9.99. The Hall–Kier alpha value is -3.53. The van der Waals surface area contributed by atoms with Crippen LogP contribution >= 0.6 is 0 Å². The molecule has 2 aromatic carbocycles. The molecule has 7 nitrogen and oxygen atoms in total. The molecule has 1 heterocycles. The molecule has 0 unspecified atom stereocenters. The lowest BCUT2D eigenvalue weighted by Gasteiger charge is -2.29. The van der Waals surface area contributed by atoms with Gasteiger partial charge in [-0.25, -0.2) is 4.79 Å². The average Bonchev–Trinajstić information content (AvgIpc) is 2.75. The second-order valence-corrected chi connectivity index (χ2v) is 6.31. The summed E-state index contributed by atoms with van der Waals surface area (Å²) < 4.78 is 15.8. The van der Waals surface area contributed by atoms with Gasteiger partial charge in [0.1, 0.15) is 0 Å². The fraction of sp³-hybridized carbons (Fsp3) is 0.286. The topological polar surface area (TPSA) is 88.9 Å². The van der Waals surface area contributed by atoms with E-state index < -0.39 is 5.97 Å². The second kappa shape index (κ2) is 8.44. The molecular formula is C21H20N2O5. The molecule has 3 rings (SSSR count). The van der Waals surface area contributed by atoms with Crippen molar-refractivity contribution in [2.75, 3.05) is 27.4 Å². The molecule has 0 fully saturated rings. The summed E-state index contributed by atoms with van der Waals surface area (Å²) in [5.74, 6) is 0.421. The Kier molecular flexibility index (Phi) is 5.80. The number of amides is 1. The zero-order valence-corrected chi connectivity index (χ0v) is 15.7. The highest BCUT2D eigenvalue weighted by molar-refractivity contribution is 5.91. The molecule has 144 valence electrons. The minimum Gasteiger partial charge on any atom is -0.493 e. The Bertz CT molecular complexity index is 931. The molecule has 0 aliphatic carbocycles. The maximum absolute atomic E-state index is 12.5. The van der Waals surface area contributed by atoms with Crippen LogP contribution < -0.4 is 9.47 Å². The van der Waals surface area contributed by atoms with Gasteiger partial charge >= 0.3 is 5.97 Å². The number of benzene rings is 2. The third-order valence-electron chi connectivity index (χ3n) is 4.65. The van der Waals surface area contributed by atoms with Gasteiger partial charge in [0.25, 0.3) is 5.91 Å². The van der Waals surface area contributed by atoms with E-state index in [9.17, 15) is 9.59 Å². The number of nitrogens with zero attached hydrogens (tertiary/aromatic N) is 2. The summed E-state index contributed by atoms with van der Waals surface area (Å²) in [6.07, 6.45) is 0.686. The first-order valence-corrected chi connectivity index (χ1v) is 8.74. The normalized spacial score (nSPS) is 12.5. The van der Waals surface area contributed by atoms with E-state index in [1.165, 1.54) is 24.3 Å². The first-order chi connectivity index (χ1) is 13.5.